The SMILES string of the molecule is Cc1cccc(CC(=O)N2CCN(c3c(C)nn(-c4ccccn4)c3C)CC2)c1. The highest BCUT2D eigenvalue weighted by molar-refractivity contribution is 5.79. The zero-order chi connectivity index (χ0) is 20.4. The lowest BCUT2D eigenvalue weighted by molar-refractivity contribution is -0.130. The minimum atomic E-state index is 0.202. The number of piperazine rings is 1. The van der Waals surface area contributed by atoms with E-state index in [9.17, 15) is 4.79 Å². The van der Waals surface area contributed by atoms with Gasteiger partial charge in [-0.25, -0.2) is 9.67 Å². The molecular weight excluding hydrogens is 362 g/mol. The molecule has 0 radical (unpaired) electrons. The van der Waals surface area contributed by atoms with E-state index >= 15 is 0 Å². The van der Waals surface area contributed by atoms with E-state index < -0.39 is 0 Å². The van der Waals surface area contributed by atoms with Crippen molar-refractivity contribution in [2.24, 2.45) is 0 Å². The fourth-order valence-corrected chi connectivity index (χ4v) is 4.08. The third-order valence-corrected chi connectivity index (χ3v) is 5.51. The first-order valence-electron chi connectivity index (χ1n) is 10.1. The number of aromatic nitrogens is 3. The van der Waals surface area contributed by atoms with Crippen LogP contribution in [0, 0.1) is 20.8 Å². The second kappa shape index (κ2) is 8.07. The number of hydrogen-bond donors (Lipinski definition) is 0. The minimum Gasteiger partial charge on any atom is -0.365 e. The molecule has 0 bridgehead atoms. The summed E-state index contributed by atoms with van der Waals surface area (Å²) in [5.74, 6) is 1.03. The van der Waals surface area contributed by atoms with E-state index in [1.54, 1.807) is 6.20 Å². The zero-order valence-electron chi connectivity index (χ0n) is 17.3. The van der Waals surface area contributed by atoms with Crippen LogP contribution >= 0.6 is 0 Å². The molecular formula is C23H27N5O. The maximum atomic E-state index is 12.7. The van der Waals surface area contributed by atoms with E-state index in [2.05, 4.69) is 35.9 Å². The minimum absolute atomic E-state index is 0.202. The average Bonchev–Trinajstić information content (AvgIpc) is 3.03. The van der Waals surface area contributed by atoms with Crippen molar-refractivity contribution in [2.45, 2.75) is 27.2 Å². The van der Waals surface area contributed by atoms with E-state index in [1.165, 1.54) is 5.56 Å². The monoisotopic (exact) mass is 389 g/mol. The van der Waals surface area contributed by atoms with Gasteiger partial charge in [0.2, 0.25) is 5.91 Å². The van der Waals surface area contributed by atoms with Gasteiger partial charge in [-0.2, -0.15) is 5.10 Å². The van der Waals surface area contributed by atoms with Gasteiger partial charge in [0.25, 0.3) is 0 Å². The highest BCUT2D eigenvalue weighted by atomic mass is 16.2. The zero-order valence-corrected chi connectivity index (χ0v) is 17.3. The van der Waals surface area contributed by atoms with Gasteiger partial charge in [-0.3, -0.25) is 4.79 Å². The normalized spacial score (nSPS) is 14.3. The van der Waals surface area contributed by atoms with Crippen LogP contribution in [-0.2, 0) is 11.2 Å². The van der Waals surface area contributed by atoms with E-state index in [0.717, 1.165) is 54.6 Å². The molecule has 6 nitrogen and oxygen atoms in total. The lowest BCUT2D eigenvalue weighted by atomic mass is 10.1. The van der Waals surface area contributed by atoms with Crippen LogP contribution in [0.2, 0.25) is 0 Å². The number of anilines is 1. The fraction of sp³-hybridized carbons (Fsp3) is 0.348. The number of benzene rings is 1. The van der Waals surface area contributed by atoms with Gasteiger partial charge in [-0.15, -0.1) is 0 Å². The van der Waals surface area contributed by atoms with Crippen LogP contribution in [0.4, 0.5) is 5.69 Å². The third kappa shape index (κ3) is 4.01. The second-order valence-electron chi connectivity index (χ2n) is 7.65. The average molecular weight is 390 g/mol. The van der Waals surface area contributed by atoms with Gasteiger partial charge in [0.05, 0.1) is 23.5 Å². The van der Waals surface area contributed by atoms with Crippen LogP contribution in [0.1, 0.15) is 22.5 Å². The molecule has 3 aromatic rings. The fourth-order valence-electron chi connectivity index (χ4n) is 4.08. The first-order chi connectivity index (χ1) is 14.0. The number of amides is 1. The number of aryl methyl sites for hydroxylation is 2. The van der Waals surface area contributed by atoms with Gasteiger partial charge >= 0.3 is 0 Å². The van der Waals surface area contributed by atoms with Crippen molar-refractivity contribution < 1.29 is 4.79 Å². The molecule has 1 aliphatic heterocycles. The standard InChI is InChI=1S/C23H27N5O/c1-17-7-6-8-20(15-17)16-22(29)26-11-13-27(14-12-26)23-18(2)25-28(19(23)3)21-9-4-5-10-24-21/h4-10,15H,11-14,16H2,1-3H3. The van der Waals surface area contributed by atoms with Crippen LogP contribution < -0.4 is 4.90 Å². The quantitative estimate of drug-likeness (QED) is 0.688. The molecule has 0 aliphatic carbocycles. The predicted molar refractivity (Wildman–Crippen MR) is 115 cm³/mol. The summed E-state index contributed by atoms with van der Waals surface area (Å²) in [4.78, 5) is 21.5. The van der Waals surface area contributed by atoms with Crippen molar-refractivity contribution in [2.75, 3.05) is 31.1 Å². The molecule has 1 saturated heterocycles. The van der Waals surface area contributed by atoms with Gasteiger partial charge in [-0.05, 0) is 38.5 Å². The molecule has 1 amide bonds. The molecule has 1 fully saturated rings. The van der Waals surface area contributed by atoms with Gasteiger partial charge in [0.1, 0.15) is 0 Å². The van der Waals surface area contributed by atoms with Crippen molar-refractivity contribution >= 4 is 11.6 Å². The van der Waals surface area contributed by atoms with Crippen LogP contribution in [0.25, 0.3) is 5.82 Å². The summed E-state index contributed by atoms with van der Waals surface area (Å²) in [5.41, 5.74) is 5.51. The molecule has 0 unspecified atom stereocenters. The summed E-state index contributed by atoms with van der Waals surface area (Å²) >= 11 is 0. The Labute approximate surface area is 171 Å². The Morgan fingerprint density at radius 2 is 1.79 bits per heavy atom. The first-order valence-corrected chi connectivity index (χ1v) is 10.1. The number of carbonyl (C=O) groups excluding carboxylic acids is 1. The van der Waals surface area contributed by atoms with Crippen molar-refractivity contribution in [1.29, 1.82) is 0 Å². The Kier molecular flexibility index (Phi) is 5.34. The highest BCUT2D eigenvalue weighted by Gasteiger charge is 2.25. The Hall–Kier alpha value is -3.15. The smallest absolute Gasteiger partial charge is 0.227 e. The second-order valence-corrected chi connectivity index (χ2v) is 7.65. The van der Waals surface area contributed by atoms with Gasteiger partial charge in [0, 0.05) is 32.4 Å². The van der Waals surface area contributed by atoms with E-state index in [4.69, 9.17) is 5.10 Å². The van der Waals surface area contributed by atoms with Crippen molar-refractivity contribution in [1.82, 2.24) is 19.7 Å². The summed E-state index contributed by atoms with van der Waals surface area (Å²) in [7, 11) is 0. The number of hydrogen-bond acceptors (Lipinski definition) is 4. The summed E-state index contributed by atoms with van der Waals surface area (Å²) in [6, 6.07) is 14.0. The Morgan fingerprint density at radius 1 is 1.00 bits per heavy atom. The molecule has 2 aromatic heterocycles. The summed E-state index contributed by atoms with van der Waals surface area (Å²) < 4.78 is 1.90. The molecule has 1 aliphatic rings. The largest absolute Gasteiger partial charge is 0.365 e. The maximum Gasteiger partial charge on any atom is 0.227 e. The molecule has 0 N–H and O–H groups in total. The summed E-state index contributed by atoms with van der Waals surface area (Å²) in [6.07, 6.45) is 2.25. The van der Waals surface area contributed by atoms with E-state index in [0.29, 0.717) is 6.42 Å². The van der Waals surface area contributed by atoms with Crippen molar-refractivity contribution in [3.63, 3.8) is 0 Å². The van der Waals surface area contributed by atoms with Gasteiger partial charge in [0.15, 0.2) is 5.82 Å². The summed E-state index contributed by atoms with van der Waals surface area (Å²) in [6.45, 7) is 9.28. The van der Waals surface area contributed by atoms with E-state index in [-0.39, 0.29) is 5.91 Å². The molecule has 4 rings (SSSR count). The van der Waals surface area contributed by atoms with E-state index in [1.807, 2.05) is 46.8 Å². The molecule has 0 spiro atoms. The van der Waals surface area contributed by atoms with Crippen LogP contribution in [0.15, 0.2) is 48.7 Å². The van der Waals surface area contributed by atoms with Gasteiger partial charge < -0.3 is 9.80 Å². The van der Waals surface area contributed by atoms with Crippen molar-refractivity contribution in [3.05, 3.63) is 71.2 Å². The Morgan fingerprint density at radius 3 is 2.48 bits per heavy atom. The number of rotatable bonds is 4. The first kappa shape index (κ1) is 19.2. The molecule has 150 valence electrons. The lowest BCUT2D eigenvalue weighted by Gasteiger charge is -2.36. The summed E-state index contributed by atoms with van der Waals surface area (Å²) in [5, 5.41) is 4.71. The van der Waals surface area contributed by atoms with Crippen LogP contribution in [0.3, 0.4) is 0 Å². The molecule has 3 heterocycles. The third-order valence-electron chi connectivity index (χ3n) is 5.51. The Balaban J connectivity index is 1.43. The number of nitrogens with zero attached hydrogens (tertiary/aromatic N) is 5. The topological polar surface area (TPSA) is 54.3 Å². The van der Waals surface area contributed by atoms with Gasteiger partial charge in [-0.1, -0.05) is 35.9 Å². The molecule has 0 saturated carbocycles. The molecule has 29 heavy (non-hydrogen) atoms. The van der Waals surface area contributed by atoms with Crippen LogP contribution in [-0.4, -0.2) is 51.8 Å². The Bertz CT molecular complexity index is 1000. The molecule has 6 heteroatoms. The van der Waals surface area contributed by atoms with Crippen molar-refractivity contribution in [3.8, 4) is 5.82 Å². The number of pyridine rings is 1. The molecule has 0 atom stereocenters. The molecule has 1 aromatic carbocycles. The lowest BCUT2D eigenvalue weighted by Crippen LogP contribution is -2.49. The maximum absolute atomic E-state index is 12.7. The van der Waals surface area contributed by atoms with Crippen LogP contribution in [0.5, 0.6) is 0 Å². The highest BCUT2D eigenvalue weighted by Crippen LogP contribution is 2.27. The predicted octanol–water partition coefficient (Wildman–Crippen LogP) is 3.08. The number of carbonyl (C=O) groups is 1.